The highest BCUT2D eigenvalue weighted by atomic mass is 35.5. The Bertz CT molecular complexity index is 1590. The Morgan fingerprint density at radius 2 is 1.90 bits per heavy atom. The zero-order valence-electron chi connectivity index (χ0n) is 21.7. The Hall–Kier alpha value is -3.60. The van der Waals surface area contributed by atoms with Crippen molar-refractivity contribution >= 4 is 56.5 Å². The predicted molar refractivity (Wildman–Crippen MR) is 153 cm³/mol. The van der Waals surface area contributed by atoms with Crippen LogP contribution in [0.3, 0.4) is 0 Å². The number of hydrogen-bond donors (Lipinski definition) is 4. The van der Waals surface area contributed by atoms with E-state index < -0.39 is 10.0 Å². The predicted octanol–water partition coefficient (Wildman–Crippen LogP) is 4.40. The second-order valence-corrected chi connectivity index (χ2v) is 11.9. The van der Waals surface area contributed by atoms with E-state index in [1.54, 1.807) is 30.3 Å². The van der Waals surface area contributed by atoms with Crippen LogP contribution in [0.4, 0.5) is 11.4 Å². The molecule has 9 nitrogen and oxygen atoms in total. The summed E-state index contributed by atoms with van der Waals surface area (Å²) < 4.78 is 28.7. The third-order valence-electron chi connectivity index (χ3n) is 7.07. The van der Waals surface area contributed by atoms with Crippen molar-refractivity contribution in [3.05, 3.63) is 75.6 Å². The smallest absolute Gasteiger partial charge is 0.261 e. The third kappa shape index (κ3) is 5.73. The van der Waals surface area contributed by atoms with Crippen LogP contribution in [0.1, 0.15) is 45.7 Å². The first-order chi connectivity index (χ1) is 18.6. The van der Waals surface area contributed by atoms with Crippen LogP contribution in [-0.2, 0) is 14.8 Å². The van der Waals surface area contributed by atoms with Crippen molar-refractivity contribution in [3.8, 4) is 0 Å². The van der Waals surface area contributed by atoms with E-state index >= 15 is 0 Å². The largest absolute Gasteiger partial charge is 0.358 e. The van der Waals surface area contributed by atoms with Crippen LogP contribution >= 0.6 is 11.6 Å². The molecule has 0 atom stereocenters. The van der Waals surface area contributed by atoms with Gasteiger partial charge in [0.25, 0.3) is 21.8 Å². The van der Waals surface area contributed by atoms with Gasteiger partial charge >= 0.3 is 0 Å². The van der Waals surface area contributed by atoms with Gasteiger partial charge in [-0.2, -0.15) is 0 Å². The average Bonchev–Trinajstić information content (AvgIpc) is 3.57. The molecule has 1 fully saturated rings. The van der Waals surface area contributed by atoms with E-state index in [2.05, 4.69) is 25.2 Å². The lowest BCUT2D eigenvalue weighted by atomic mass is 10.0. The Balaban J connectivity index is 1.39. The summed E-state index contributed by atoms with van der Waals surface area (Å²) in [6.45, 7) is 7.17. The van der Waals surface area contributed by atoms with Crippen LogP contribution in [0, 0.1) is 13.8 Å². The lowest BCUT2D eigenvalue weighted by Crippen LogP contribution is -2.33. The molecule has 0 saturated carbocycles. The number of nitrogens with one attached hydrogen (secondary N) is 4. The molecule has 0 unspecified atom stereocenters. The molecular formula is C28H30ClN5O4S. The SMILES string of the molecule is Cc1[nH]c(C=C2C(=O)Nc3ccc(S(=O)(=O)Nc4cccc(Cl)c4)cc32)c(C)c1C(=O)NCCN1CCCC1. The summed E-state index contributed by atoms with van der Waals surface area (Å²) in [6, 6.07) is 10.9. The molecule has 2 amide bonds. The number of carbonyl (C=O) groups is 2. The molecule has 2 aromatic carbocycles. The van der Waals surface area contributed by atoms with E-state index in [4.69, 9.17) is 11.6 Å². The standard InChI is InChI=1S/C28H30ClN5O4S/c1-17-25(31-18(2)26(17)28(36)30-10-13-34-11-3-4-12-34)16-23-22-15-21(8-9-24(22)32-27(23)35)39(37,38)33-20-7-5-6-19(29)14-20/h5-9,14-16,31,33H,3-4,10-13H2,1-2H3,(H,30,36)(H,32,35). The van der Waals surface area contributed by atoms with Gasteiger partial charge < -0.3 is 20.5 Å². The second-order valence-electron chi connectivity index (χ2n) is 9.80. The minimum absolute atomic E-state index is 0.00100. The van der Waals surface area contributed by atoms with Crippen LogP contribution in [-0.4, -0.2) is 56.3 Å². The molecule has 4 N–H and O–H groups in total. The van der Waals surface area contributed by atoms with Crippen molar-refractivity contribution < 1.29 is 18.0 Å². The first-order valence-corrected chi connectivity index (χ1v) is 14.6. The molecular weight excluding hydrogens is 538 g/mol. The number of benzene rings is 2. The normalized spacial score (nSPS) is 16.4. The highest BCUT2D eigenvalue weighted by Gasteiger charge is 2.28. The molecule has 0 spiro atoms. The average molecular weight is 568 g/mol. The van der Waals surface area contributed by atoms with Crippen LogP contribution in [0.5, 0.6) is 0 Å². The second kappa shape index (κ2) is 10.9. The first-order valence-electron chi connectivity index (χ1n) is 12.8. The number of nitrogens with zero attached hydrogens (tertiary/aromatic N) is 1. The van der Waals surface area contributed by atoms with E-state index in [0.29, 0.717) is 56.6 Å². The molecule has 3 heterocycles. The molecule has 5 rings (SSSR count). The molecule has 1 saturated heterocycles. The van der Waals surface area contributed by atoms with Crippen molar-refractivity contribution in [2.24, 2.45) is 0 Å². The number of aryl methyl sites for hydroxylation is 1. The molecule has 1 aromatic heterocycles. The van der Waals surface area contributed by atoms with E-state index in [-0.39, 0.29) is 16.7 Å². The maximum Gasteiger partial charge on any atom is 0.261 e. The van der Waals surface area contributed by atoms with E-state index in [1.807, 2.05) is 13.8 Å². The number of fused-ring (bicyclic) bond motifs is 1. The number of sulfonamides is 1. The summed E-state index contributed by atoms with van der Waals surface area (Å²) in [4.78, 5) is 31.4. The van der Waals surface area contributed by atoms with Crippen LogP contribution in [0.25, 0.3) is 11.6 Å². The van der Waals surface area contributed by atoms with Crippen molar-refractivity contribution in [2.45, 2.75) is 31.6 Å². The molecule has 2 aliphatic rings. The molecule has 204 valence electrons. The Kier molecular flexibility index (Phi) is 7.53. The van der Waals surface area contributed by atoms with Gasteiger partial charge in [0.05, 0.1) is 21.7 Å². The lowest BCUT2D eigenvalue weighted by Gasteiger charge is -2.14. The highest BCUT2D eigenvalue weighted by molar-refractivity contribution is 7.92. The number of likely N-dealkylation sites (tertiary alicyclic amines) is 1. The van der Waals surface area contributed by atoms with Crippen LogP contribution in [0.15, 0.2) is 47.4 Å². The number of aromatic amines is 1. The zero-order valence-corrected chi connectivity index (χ0v) is 23.3. The maximum absolute atomic E-state index is 13.1. The number of anilines is 2. The van der Waals surface area contributed by atoms with Gasteiger partial charge in [0, 0.05) is 40.8 Å². The first kappa shape index (κ1) is 27.0. The van der Waals surface area contributed by atoms with Crippen LogP contribution < -0.4 is 15.4 Å². The Labute approximate surface area is 232 Å². The van der Waals surface area contributed by atoms with Crippen LogP contribution in [0.2, 0.25) is 5.02 Å². The van der Waals surface area contributed by atoms with Gasteiger partial charge in [-0.15, -0.1) is 0 Å². The van der Waals surface area contributed by atoms with Gasteiger partial charge in [-0.05, 0) is 87.8 Å². The van der Waals surface area contributed by atoms with Crippen molar-refractivity contribution in [3.63, 3.8) is 0 Å². The highest BCUT2D eigenvalue weighted by Crippen LogP contribution is 2.36. The quantitative estimate of drug-likeness (QED) is 0.300. The van der Waals surface area contributed by atoms with Gasteiger partial charge in [-0.25, -0.2) is 8.42 Å². The van der Waals surface area contributed by atoms with Gasteiger partial charge in [-0.1, -0.05) is 17.7 Å². The molecule has 0 radical (unpaired) electrons. The van der Waals surface area contributed by atoms with E-state index in [9.17, 15) is 18.0 Å². The minimum atomic E-state index is -3.94. The number of aromatic nitrogens is 1. The molecule has 2 aliphatic heterocycles. The summed E-state index contributed by atoms with van der Waals surface area (Å²) in [6.07, 6.45) is 4.06. The number of amides is 2. The van der Waals surface area contributed by atoms with Crippen molar-refractivity contribution in [1.82, 2.24) is 15.2 Å². The number of halogens is 1. The molecule has 11 heteroatoms. The minimum Gasteiger partial charge on any atom is -0.358 e. The number of carbonyl (C=O) groups excluding carboxylic acids is 2. The van der Waals surface area contributed by atoms with Gasteiger partial charge in [-0.3, -0.25) is 14.3 Å². The van der Waals surface area contributed by atoms with Gasteiger partial charge in [0.15, 0.2) is 0 Å². The number of hydrogen-bond acceptors (Lipinski definition) is 5. The summed E-state index contributed by atoms with van der Waals surface area (Å²) in [5.74, 6) is -0.521. The monoisotopic (exact) mass is 567 g/mol. The number of rotatable bonds is 8. The van der Waals surface area contributed by atoms with E-state index in [1.165, 1.54) is 31.0 Å². The van der Waals surface area contributed by atoms with Crippen molar-refractivity contribution in [1.29, 1.82) is 0 Å². The summed E-state index contributed by atoms with van der Waals surface area (Å²) >= 11 is 5.99. The molecule has 0 aliphatic carbocycles. The van der Waals surface area contributed by atoms with Crippen molar-refractivity contribution in [2.75, 3.05) is 36.2 Å². The fourth-order valence-electron chi connectivity index (χ4n) is 5.07. The summed E-state index contributed by atoms with van der Waals surface area (Å²) in [5, 5.41) is 6.19. The van der Waals surface area contributed by atoms with Gasteiger partial charge in [0.2, 0.25) is 0 Å². The fourth-order valence-corrected chi connectivity index (χ4v) is 6.33. The zero-order chi connectivity index (χ0) is 27.7. The Morgan fingerprint density at radius 3 is 2.64 bits per heavy atom. The summed E-state index contributed by atoms with van der Waals surface area (Å²) in [5.41, 5.74) is 4.16. The third-order valence-corrected chi connectivity index (χ3v) is 8.68. The Morgan fingerprint density at radius 1 is 1.13 bits per heavy atom. The number of H-pyrrole nitrogens is 1. The molecule has 3 aromatic rings. The maximum atomic E-state index is 13.1. The lowest BCUT2D eigenvalue weighted by molar-refractivity contribution is -0.110. The summed E-state index contributed by atoms with van der Waals surface area (Å²) in [7, 11) is -3.94. The topological polar surface area (TPSA) is 123 Å². The molecule has 0 bridgehead atoms. The van der Waals surface area contributed by atoms with Gasteiger partial charge in [0.1, 0.15) is 0 Å². The fraction of sp³-hybridized carbons (Fsp3) is 0.286. The van der Waals surface area contributed by atoms with E-state index in [0.717, 1.165) is 19.6 Å². The molecule has 39 heavy (non-hydrogen) atoms.